The van der Waals surface area contributed by atoms with Gasteiger partial charge in [-0.25, -0.2) is 35.1 Å². The van der Waals surface area contributed by atoms with Crippen molar-refractivity contribution < 1.29 is 53.4 Å². The van der Waals surface area contributed by atoms with E-state index < -0.39 is 91.6 Å². The van der Waals surface area contributed by atoms with Crippen LogP contribution in [0.4, 0.5) is 43.9 Å². The monoisotopic (exact) mass is 710 g/mol. The molecule has 0 atom stereocenters. The second kappa shape index (κ2) is 13.4. The molecule has 0 aliphatic rings. The van der Waals surface area contributed by atoms with Crippen LogP contribution in [0, 0.1) is 65.3 Å². The van der Waals surface area contributed by atoms with Gasteiger partial charge in [0.25, 0.3) is 0 Å². The Morgan fingerprint density at radius 3 is 1.86 bits per heavy atom. The Labute approximate surface area is 283 Å². The summed E-state index contributed by atoms with van der Waals surface area (Å²) in [6, 6.07) is 15.7. The van der Waals surface area contributed by atoms with E-state index in [0.29, 0.717) is 47.5 Å². The van der Waals surface area contributed by atoms with Crippen molar-refractivity contribution >= 4 is 10.8 Å². The maximum atomic E-state index is 15.6. The van der Waals surface area contributed by atoms with Crippen molar-refractivity contribution in [2.24, 2.45) is 0 Å². The molecule has 0 aliphatic carbocycles. The minimum absolute atomic E-state index is 0.119. The lowest BCUT2D eigenvalue weighted by atomic mass is 9.96. The zero-order chi connectivity index (χ0) is 36.8. The average Bonchev–Trinajstić information content (AvgIpc) is 3.05. The zero-order valence-electron chi connectivity index (χ0n) is 26.2. The fraction of sp³-hybridized carbons (Fsp3) is 0.0769. The first-order chi connectivity index (χ1) is 24.2. The summed E-state index contributed by atoms with van der Waals surface area (Å²) in [5.41, 5.74) is -1.03. The minimum atomic E-state index is -4.86. The fourth-order valence-electron chi connectivity index (χ4n) is 5.37. The lowest BCUT2D eigenvalue weighted by molar-refractivity contribution is -0.189. The Bertz CT molecular complexity index is 2390. The minimum Gasteiger partial charge on any atom is -0.495 e. The number of fused-ring (bicyclic) bond motifs is 1. The number of benzene rings is 6. The molecule has 0 saturated carbocycles. The number of ether oxygens (including phenoxy) is 2. The Hall–Kier alpha value is -5.96. The second-order valence-corrected chi connectivity index (χ2v) is 11.3. The SMILES string of the molecule is COc1cc(OC(F)(F)c2c(F)cc3cc(-c4ccc(-c5ccc(C)cc5)cc4F)cc(F)c3c2F)cc(F)c1C#Cc1cc(F)c(F)c(F)c1. The van der Waals surface area contributed by atoms with E-state index >= 15 is 30.7 Å². The third-order valence-corrected chi connectivity index (χ3v) is 7.85. The van der Waals surface area contributed by atoms with Crippen LogP contribution in [0.1, 0.15) is 22.3 Å². The van der Waals surface area contributed by atoms with E-state index in [-0.39, 0.29) is 11.1 Å². The summed E-state index contributed by atoms with van der Waals surface area (Å²) in [7, 11) is 0.989. The van der Waals surface area contributed by atoms with Gasteiger partial charge in [0.2, 0.25) is 0 Å². The van der Waals surface area contributed by atoms with Crippen molar-refractivity contribution in [1.29, 1.82) is 0 Å². The maximum Gasteiger partial charge on any atom is 0.432 e. The molecule has 0 bridgehead atoms. The molecule has 258 valence electrons. The molecule has 12 heteroatoms. The molecule has 6 aromatic carbocycles. The van der Waals surface area contributed by atoms with E-state index in [4.69, 9.17) is 4.74 Å². The number of alkyl halides is 2. The third kappa shape index (κ3) is 6.79. The number of hydrogen-bond donors (Lipinski definition) is 0. The Kier molecular flexibility index (Phi) is 9.16. The number of methoxy groups -OCH3 is 1. The standard InChI is InChI=1S/C39H20F10O2/c1-19-3-6-21(7-4-19)22-8-10-26(28(40)14-22)23-13-24-16-31(43)36(38(47)35(24)30(42)15-23)39(48,49)51-25-17-29(41)27(34(18-25)50-2)9-5-20-11-32(44)37(46)33(45)12-20/h3-4,6-8,10-18H,1-2H3. The van der Waals surface area contributed by atoms with Gasteiger partial charge in [-0.3, -0.25) is 0 Å². The molecule has 2 nitrogen and oxygen atoms in total. The van der Waals surface area contributed by atoms with Crippen LogP contribution in [0.5, 0.6) is 11.5 Å². The van der Waals surface area contributed by atoms with Gasteiger partial charge in [0.1, 0.15) is 51.7 Å². The van der Waals surface area contributed by atoms with Gasteiger partial charge in [-0.15, -0.1) is 0 Å². The van der Waals surface area contributed by atoms with Crippen molar-refractivity contribution in [2.45, 2.75) is 13.0 Å². The fourth-order valence-corrected chi connectivity index (χ4v) is 5.37. The van der Waals surface area contributed by atoms with Gasteiger partial charge in [0.05, 0.1) is 12.5 Å². The van der Waals surface area contributed by atoms with Gasteiger partial charge in [0, 0.05) is 23.3 Å². The van der Waals surface area contributed by atoms with Gasteiger partial charge >= 0.3 is 6.11 Å². The maximum absolute atomic E-state index is 15.6. The van der Waals surface area contributed by atoms with Crippen LogP contribution >= 0.6 is 0 Å². The summed E-state index contributed by atoms with van der Waals surface area (Å²) in [6.45, 7) is 1.89. The Morgan fingerprint density at radius 1 is 0.569 bits per heavy atom. The van der Waals surface area contributed by atoms with Crippen molar-refractivity contribution in [1.82, 2.24) is 0 Å². The van der Waals surface area contributed by atoms with Crippen molar-refractivity contribution in [3.8, 4) is 45.6 Å². The highest BCUT2D eigenvalue weighted by molar-refractivity contribution is 5.89. The second-order valence-electron chi connectivity index (χ2n) is 11.3. The van der Waals surface area contributed by atoms with Crippen molar-refractivity contribution in [3.63, 3.8) is 0 Å². The van der Waals surface area contributed by atoms with Gasteiger partial charge in [-0.2, -0.15) is 8.78 Å². The van der Waals surface area contributed by atoms with E-state index in [0.717, 1.165) is 18.7 Å². The number of hydrogen-bond acceptors (Lipinski definition) is 2. The smallest absolute Gasteiger partial charge is 0.432 e. The van der Waals surface area contributed by atoms with E-state index in [1.54, 1.807) is 18.2 Å². The first kappa shape index (κ1) is 34.9. The highest BCUT2D eigenvalue weighted by Gasteiger charge is 2.42. The summed E-state index contributed by atoms with van der Waals surface area (Å²) in [5, 5.41) is -1.55. The van der Waals surface area contributed by atoms with Gasteiger partial charge < -0.3 is 9.47 Å². The molecule has 0 unspecified atom stereocenters. The van der Waals surface area contributed by atoms with Crippen LogP contribution in [-0.4, -0.2) is 7.11 Å². The van der Waals surface area contributed by atoms with Crippen LogP contribution in [0.2, 0.25) is 0 Å². The lowest BCUT2D eigenvalue weighted by Gasteiger charge is -2.21. The molecule has 0 amide bonds. The molecule has 0 radical (unpaired) electrons. The number of rotatable bonds is 6. The first-order valence-electron chi connectivity index (χ1n) is 14.8. The molecular weight excluding hydrogens is 690 g/mol. The number of halogens is 10. The molecule has 0 aliphatic heterocycles. The van der Waals surface area contributed by atoms with Crippen molar-refractivity contribution in [3.05, 3.63) is 154 Å². The first-order valence-corrected chi connectivity index (χ1v) is 14.8. The molecule has 0 saturated heterocycles. The van der Waals surface area contributed by atoms with Crippen molar-refractivity contribution in [2.75, 3.05) is 7.11 Å². The summed E-state index contributed by atoms with van der Waals surface area (Å²) < 4.78 is 157. The lowest BCUT2D eigenvalue weighted by Crippen LogP contribution is -2.25. The van der Waals surface area contributed by atoms with Crippen LogP contribution < -0.4 is 9.47 Å². The van der Waals surface area contributed by atoms with Crippen LogP contribution in [0.25, 0.3) is 33.0 Å². The molecule has 6 aromatic rings. The summed E-state index contributed by atoms with van der Waals surface area (Å²) in [4.78, 5) is 0. The topological polar surface area (TPSA) is 18.5 Å². The van der Waals surface area contributed by atoms with E-state index in [1.807, 2.05) is 19.1 Å². The van der Waals surface area contributed by atoms with Crippen LogP contribution in [0.15, 0.2) is 84.9 Å². The van der Waals surface area contributed by atoms with Gasteiger partial charge in [0.15, 0.2) is 17.5 Å². The number of aryl methyl sites for hydroxylation is 1. The third-order valence-electron chi connectivity index (χ3n) is 7.85. The van der Waals surface area contributed by atoms with E-state index in [9.17, 15) is 13.2 Å². The van der Waals surface area contributed by atoms with E-state index in [2.05, 4.69) is 16.6 Å². The van der Waals surface area contributed by atoms with Crippen LogP contribution in [-0.2, 0) is 6.11 Å². The summed E-state index contributed by atoms with van der Waals surface area (Å²) >= 11 is 0. The molecule has 6 rings (SSSR count). The molecule has 0 aromatic heterocycles. The largest absolute Gasteiger partial charge is 0.495 e. The molecule has 0 spiro atoms. The van der Waals surface area contributed by atoms with Crippen LogP contribution in [0.3, 0.4) is 0 Å². The highest BCUT2D eigenvalue weighted by Crippen LogP contribution is 2.41. The predicted molar refractivity (Wildman–Crippen MR) is 169 cm³/mol. The van der Waals surface area contributed by atoms with Gasteiger partial charge in [-0.1, -0.05) is 53.8 Å². The Balaban J connectivity index is 1.32. The quantitative estimate of drug-likeness (QED) is 0.0973. The predicted octanol–water partition coefficient (Wildman–Crippen LogP) is 11.1. The molecule has 0 heterocycles. The average molecular weight is 711 g/mol. The molecule has 0 N–H and O–H groups in total. The highest BCUT2D eigenvalue weighted by atomic mass is 19.3. The van der Waals surface area contributed by atoms with Gasteiger partial charge in [-0.05, 0) is 65.4 Å². The summed E-state index contributed by atoms with van der Waals surface area (Å²) in [5.74, 6) is -9.47. The Morgan fingerprint density at radius 2 is 1.22 bits per heavy atom. The zero-order valence-corrected chi connectivity index (χ0v) is 26.2. The molecule has 51 heavy (non-hydrogen) atoms. The summed E-state index contributed by atoms with van der Waals surface area (Å²) in [6.07, 6.45) is -4.86. The normalized spacial score (nSPS) is 11.4. The molecule has 0 fully saturated rings. The molecular formula is C39H20F10O2. The van der Waals surface area contributed by atoms with E-state index in [1.165, 1.54) is 12.1 Å².